The summed E-state index contributed by atoms with van der Waals surface area (Å²) in [4.78, 5) is 14.5. The number of carbonyl (C=O) groups excluding carboxylic acids is 1. The Balaban J connectivity index is 1.79. The molecule has 4 heteroatoms. The normalized spacial score (nSPS) is 12.5. The van der Waals surface area contributed by atoms with E-state index >= 15 is 0 Å². The van der Waals surface area contributed by atoms with Gasteiger partial charge in [-0.25, -0.2) is 0 Å². The second kappa shape index (κ2) is 7.18. The maximum absolute atomic E-state index is 13.5. The number of halogens is 1. The molecule has 2 nitrogen and oxygen atoms in total. The Hall–Kier alpha value is -2.23. The minimum absolute atomic E-state index is 0.116. The summed E-state index contributed by atoms with van der Waals surface area (Å²) >= 11 is 7.57. The van der Waals surface area contributed by atoms with Gasteiger partial charge in [-0.15, -0.1) is 11.8 Å². The van der Waals surface area contributed by atoms with Crippen molar-refractivity contribution in [1.29, 1.82) is 0 Å². The molecule has 4 rings (SSSR count). The second-order valence-electron chi connectivity index (χ2n) is 6.18. The smallest absolute Gasteiger partial charge is 0.245 e. The van der Waals surface area contributed by atoms with E-state index in [2.05, 4.69) is 19.1 Å². The van der Waals surface area contributed by atoms with Crippen LogP contribution in [0.15, 0.2) is 77.7 Å². The van der Waals surface area contributed by atoms with Crippen LogP contribution in [-0.2, 0) is 0 Å². The number of hydrogen-bond donors (Lipinski definition) is 0. The number of benzene rings is 3. The maximum Gasteiger partial charge on any atom is 0.245 e. The standard InChI is InChI=1S/C22H18ClNOS/c1-2-21(26-16-13-11-15(23)12-14-16)22(25)24-19-9-5-3-7-17(19)18-8-4-6-10-20(18)24/h3-14,21H,2H2,1H3. The van der Waals surface area contributed by atoms with E-state index in [1.165, 1.54) is 0 Å². The largest absolute Gasteiger partial charge is 0.279 e. The molecule has 0 aliphatic rings. The first-order valence-corrected chi connectivity index (χ1v) is 9.89. The molecule has 0 radical (unpaired) electrons. The summed E-state index contributed by atoms with van der Waals surface area (Å²) in [6.07, 6.45) is 0.757. The number of para-hydroxylation sites is 2. The molecule has 0 saturated carbocycles. The highest BCUT2D eigenvalue weighted by Gasteiger charge is 2.23. The van der Waals surface area contributed by atoms with Gasteiger partial charge in [0.1, 0.15) is 0 Å². The van der Waals surface area contributed by atoms with Crippen molar-refractivity contribution in [2.75, 3.05) is 0 Å². The van der Waals surface area contributed by atoms with Gasteiger partial charge in [0.2, 0.25) is 5.91 Å². The third-order valence-electron chi connectivity index (χ3n) is 4.54. The Morgan fingerprint density at radius 2 is 1.46 bits per heavy atom. The lowest BCUT2D eigenvalue weighted by molar-refractivity contribution is 0.0919. The van der Waals surface area contributed by atoms with Gasteiger partial charge >= 0.3 is 0 Å². The fourth-order valence-electron chi connectivity index (χ4n) is 3.29. The predicted molar refractivity (Wildman–Crippen MR) is 111 cm³/mol. The Bertz CT molecular complexity index is 1030. The van der Waals surface area contributed by atoms with E-state index in [4.69, 9.17) is 11.6 Å². The molecule has 1 aromatic heterocycles. The number of nitrogens with zero attached hydrogens (tertiary/aromatic N) is 1. The number of fused-ring (bicyclic) bond motifs is 3. The van der Waals surface area contributed by atoms with E-state index in [1.54, 1.807) is 11.8 Å². The lowest BCUT2D eigenvalue weighted by atomic mass is 10.2. The highest BCUT2D eigenvalue weighted by Crippen LogP contribution is 2.33. The highest BCUT2D eigenvalue weighted by molar-refractivity contribution is 8.00. The number of rotatable bonds is 4. The van der Waals surface area contributed by atoms with Crippen LogP contribution in [-0.4, -0.2) is 15.7 Å². The molecule has 0 N–H and O–H groups in total. The third kappa shape index (κ3) is 3.02. The zero-order valence-corrected chi connectivity index (χ0v) is 15.9. The van der Waals surface area contributed by atoms with E-state index in [-0.39, 0.29) is 11.2 Å². The van der Waals surface area contributed by atoms with Crippen molar-refractivity contribution in [3.05, 3.63) is 77.8 Å². The number of carbonyl (C=O) groups is 1. The molecule has 0 aliphatic carbocycles. The average molecular weight is 380 g/mol. The van der Waals surface area contributed by atoms with Crippen molar-refractivity contribution in [2.24, 2.45) is 0 Å². The van der Waals surface area contributed by atoms with E-state index in [1.807, 2.05) is 65.2 Å². The van der Waals surface area contributed by atoms with Gasteiger partial charge in [-0.1, -0.05) is 54.9 Å². The van der Waals surface area contributed by atoms with Gasteiger partial charge in [-0.05, 0) is 42.8 Å². The molecule has 1 atom stereocenters. The molecule has 130 valence electrons. The number of aromatic nitrogens is 1. The van der Waals surface area contributed by atoms with E-state index < -0.39 is 0 Å². The van der Waals surface area contributed by atoms with Crippen molar-refractivity contribution in [2.45, 2.75) is 23.5 Å². The summed E-state index contributed by atoms with van der Waals surface area (Å²) in [7, 11) is 0. The zero-order chi connectivity index (χ0) is 18.1. The van der Waals surface area contributed by atoms with Gasteiger partial charge in [0, 0.05) is 20.7 Å². The van der Waals surface area contributed by atoms with E-state index in [0.29, 0.717) is 5.02 Å². The predicted octanol–water partition coefficient (Wildman–Crippen LogP) is 6.66. The maximum atomic E-state index is 13.5. The first kappa shape index (κ1) is 17.2. The lowest BCUT2D eigenvalue weighted by Crippen LogP contribution is -2.23. The minimum atomic E-state index is -0.157. The molecule has 0 saturated heterocycles. The summed E-state index contributed by atoms with van der Waals surface area (Å²) in [6.45, 7) is 2.05. The lowest BCUT2D eigenvalue weighted by Gasteiger charge is -2.16. The molecule has 26 heavy (non-hydrogen) atoms. The van der Waals surface area contributed by atoms with Crippen LogP contribution in [0.5, 0.6) is 0 Å². The first-order chi connectivity index (χ1) is 12.7. The van der Waals surface area contributed by atoms with Crippen molar-refractivity contribution >= 4 is 51.1 Å². The minimum Gasteiger partial charge on any atom is -0.279 e. The van der Waals surface area contributed by atoms with Crippen LogP contribution in [0.4, 0.5) is 0 Å². The Morgan fingerprint density at radius 3 is 2.00 bits per heavy atom. The SMILES string of the molecule is CCC(Sc1ccc(Cl)cc1)C(=O)n1c2ccccc2c2ccccc21. The van der Waals surface area contributed by atoms with Gasteiger partial charge in [-0.3, -0.25) is 9.36 Å². The van der Waals surface area contributed by atoms with E-state index in [0.717, 1.165) is 33.1 Å². The van der Waals surface area contributed by atoms with Crippen LogP contribution < -0.4 is 0 Å². The monoisotopic (exact) mass is 379 g/mol. The fourth-order valence-corrected chi connectivity index (χ4v) is 4.41. The zero-order valence-electron chi connectivity index (χ0n) is 14.4. The Morgan fingerprint density at radius 1 is 0.923 bits per heavy atom. The van der Waals surface area contributed by atoms with Crippen LogP contribution in [0.25, 0.3) is 21.8 Å². The van der Waals surface area contributed by atoms with Gasteiger partial charge in [0.05, 0.1) is 16.3 Å². The summed E-state index contributed by atoms with van der Waals surface area (Å²) in [5.41, 5.74) is 1.93. The van der Waals surface area contributed by atoms with E-state index in [9.17, 15) is 4.79 Å². The summed E-state index contributed by atoms with van der Waals surface area (Å²) < 4.78 is 1.88. The molecule has 3 aromatic carbocycles. The molecular formula is C22H18ClNOS. The van der Waals surface area contributed by atoms with Crippen LogP contribution >= 0.6 is 23.4 Å². The topological polar surface area (TPSA) is 22.0 Å². The quantitative estimate of drug-likeness (QED) is 0.370. The molecular weight excluding hydrogens is 362 g/mol. The molecule has 0 bridgehead atoms. The molecule has 0 amide bonds. The van der Waals surface area contributed by atoms with Crippen LogP contribution in [0.1, 0.15) is 18.1 Å². The van der Waals surface area contributed by atoms with Crippen molar-refractivity contribution in [3.8, 4) is 0 Å². The van der Waals surface area contributed by atoms with Gasteiger partial charge < -0.3 is 0 Å². The van der Waals surface area contributed by atoms with Crippen LogP contribution in [0.3, 0.4) is 0 Å². The molecule has 4 aromatic rings. The molecule has 0 spiro atoms. The fraction of sp³-hybridized carbons (Fsp3) is 0.136. The number of thioether (sulfide) groups is 1. The Labute approximate surface area is 161 Å². The second-order valence-corrected chi connectivity index (χ2v) is 7.89. The van der Waals surface area contributed by atoms with Crippen molar-refractivity contribution < 1.29 is 4.79 Å². The highest BCUT2D eigenvalue weighted by atomic mass is 35.5. The van der Waals surface area contributed by atoms with Crippen LogP contribution in [0.2, 0.25) is 5.02 Å². The van der Waals surface area contributed by atoms with Crippen LogP contribution in [0, 0.1) is 0 Å². The molecule has 1 unspecified atom stereocenters. The Kier molecular flexibility index (Phi) is 4.75. The molecule has 1 heterocycles. The van der Waals surface area contributed by atoms with Crippen molar-refractivity contribution in [3.63, 3.8) is 0 Å². The molecule has 0 aliphatic heterocycles. The average Bonchev–Trinajstić information content (AvgIpc) is 3.01. The van der Waals surface area contributed by atoms with Gasteiger partial charge in [-0.2, -0.15) is 0 Å². The van der Waals surface area contributed by atoms with Gasteiger partial charge in [0.15, 0.2) is 0 Å². The van der Waals surface area contributed by atoms with Gasteiger partial charge in [0.25, 0.3) is 0 Å². The van der Waals surface area contributed by atoms with Crippen molar-refractivity contribution in [1.82, 2.24) is 4.57 Å². The number of hydrogen-bond acceptors (Lipinski definition) is 2. The summed E-state index contributed by atoms with van der Waals surface area (Å²) in [5.74, 6) is 0.116. The summed E-state index contributed by atoms with van der Waals surface area (Å²) in [5, 5.41) is 2.78. The third-order valence-corrected chi connectivity index (χ3v) is 6.15. The summed E-state index contributed by atoms with van der Waals surface area (Å²) in [6, 6.07) is 23.9. The molecule has 0 fully saturated rings. The first-order valence-electron chi connectivity index (χ1n) is 8.63.